The highest BCUT2D eigenvalue weighted by Crippen LogP contribution is 2.33. The number of ether oxygens (including phenoxy) is 2. The number of halogens is 1. The maximum Gasteiger partial charge on any atom is 0.229 e. The molecule has 8 heteroatoms. The molecule has 1 aliphatic rings. The fraction of sp³-hybridized carbons (Fsp3) is 0.214. The Morgan fingerprint density at radius 1 is 0.917 bits per heavy atom. The lowest BCUT2D eigenvalue weighted by Crippen LogP contribution is -2.37. The minimum absolute atomic E-state index is 0.507. The molecule has 5 rings (SSSR count). The summed E-state index contributed by atoms with van der Waals surface area (Å²) in [6, 6.07) is 25.9. The van der Waals surface area contributed by atoms with Crippen LogP contribution in [0.3, 0.4) is 0 Å². The molecule has 184 valence electrons. The monoisotopic (exact) mass is 545 g/mol. The number of nitrogens with one attached hydrogen (secondary N) is 2. The van der Waals surface area contributed by atoms with Crippen molar-refractivity contribution in [2.45, 2.75) is 6.42 Å². The number of anilines is 4. The molecule has 1 aliphatic heterocycles. The van der Waals surface area contributed by atoms with E-state index in [0.717, 1.165) is 60.9 Å². The van der Waals surface area contributed by atoms with E-state index in [1.54, 1.807) is 6.20 Å². The summed E-state index contributed by atoms with van der Waals surface area (Å²) in [6.45, 7) is 4.67. The lowest BCUT2D eigenvalue weighted by Gasteiger charge is -2.26. The van der Waals surface area contributed by atoms with Gasteiger partial charge < -0.3 is 20.1 Å². The predicted octanol–water partition coefficient (Wildman–Crippen LogP) is 6.39. The standard InChI is InChI=1S/C28H28BrN5O2/c29-24-20-30-28(31-22-8-6-7-21(19-22)13-14-34-15-17-35-18-16-34)33-27(24)32-25-11-4-5-12-26(25)36-23-9-2-1-3-10-23/h1-12,19-20H,13-18H2,(H2,30,31,32,33). The van der Waals surface area contributed by atoms with Crippen LogP contribution in [0, 0.1) is 0 Å². The van der Waals surface area contributed by atoms with Crippen LogP contribution in [0.1, 0.15) is 5.56 Å². The number of nitrogens with zero attached hydrogens (tertiary/aromatic N) is 3. The minimum atomic E-state index is 0.507. The molecule has 0 spiro atoms. The van der Waals surface area contributed by atoms with E-state index >= 15 is 0 Å². The number of aromatic nitrogens is 2. The topological polar surface area (TPSA) is 71.5 Å². The van der Waals surface area contributed by atoms with Gasteiger partial charge in [-0.15, -0.1) is 0 Å². The molecule has 7 nitrogen and oxygen atoms in total. The summed E-state index contributed by atoms with van der Waals surface area (Å²) in [6.07, 6.45) is 2.72. The summed E-state index contributed by atoms with van der Waals surface area (Å²) < 4.78 is 12.3. The van der Waals surface area contributed by atoms with E-state index in [0.29, 0.717) is 17.5 Å². The first-order valence-corrected chi connectivity index (χ1v) is 12.8. The zero-order valence-corrected chi connectivity index (χ0v) is 21.4. The molecule has 0 radical (unpaired) electrons. The average molecular weight is 546 g/mol. The number of benzene rings is 3. The summed E-state index contributed by atoms with van der Waals surface area (Å²) in [7, 11) is 0. The average Bonchev–Trinajstić information content (AvgIpc) is 2.92. The van der Waals surface area contributed by atoms with Gasteiger partial charge in [0.05, 0.1) is 23.4 Å². The fourth-order valence-corrected chi connectivity index (χ4v) is 4.25. The number of hydrogen-bond donors (Lipinski definition) is 2. The Labute approximate surface area is 219 Å². The molecule has 0 amide bonds. The van der Waals surface area contributed by atoms with Gasteiger partial charge in [-0.3, -0.25) is 4.90 Å². The quantitative estimate of drug-likeness (QED) is 0.252. The second-order valence-electron chi connectivity index (χ2n) is 8.46. The van der Waals surface area contributed by atoms with Gasteiger partial charge in [-0.2, -0.15) is 4.98 Å². The number of hydrogen-bond acceptors (Lipinski definition) is 7. The molecule has 0 atom stereocenters. The van der Waals surface area contributed by atoms with Crippen LogP contribution in [0.15, 0.2) is 89.5 Å². The van der Waals surface area contributed by atoms with Gasteiger partial charge in [-0.25, -0.2) is 4.98 Å². The van der Waals surface area contributed by atoms with Crippen LogP contribution < -0.4 is 15.4 Å². The number of rotatable bonds is 9. The van der Waals surface area contributed by atoms with E-state index in [1.807, 2.05) is 60.7 Å². The van der Waals surface area contributed by atoms with Crippen LogP contribution in [0.25, 0.3) is 0 Å². The zero-order valence-electron chi connectivity index (χ0n) is 19.9. The van der Waals surface area contributed by atoms with Gasteiger partial charge in [0.15, 0.2) is 5.75 Å². The van der Waals surface area contributed by atoms with E-state index in [1.165, 1.54) is 5.56 Å². The van der Waals surface area contributed by atoms with Gasteiger partial charge in [0.25, 0.3) is 0 Å². The van der Waals surface area contributed by atoms with Crippen molar-refractivity contribution in [3.05, 3.63) is 95.1 Å². The van der Waals surface area contributed by atoms with Crippen molar-refractivity contribution in [3.63, 3.8) is 0 Å². The second kappa shape index (κ2) is 12.0. The van der Waals surface area contributed by atoms with Gasteiger partial charge >= 0.3 is 0 Å². The maximum atomic E-state index is 6.08. The van der Waals surface area contributed by atoms with Crippen LogP contribution in [-0.2, 0) is 11.2 Å². The lowest BCUT2D eigenvalue weighted by atomic mass is 10.1. The van der Waals surface area contributed by atoms with Crippen LogP contribution in [-0.4, -0.2) is 47.7 Å². The summed E-state index contributed by atoms with van der Waals surface area (Å²) in [5.74, 6) is 2.62. The summed E-state index contributed by atoms with van der Waals surface area (Å²) in [4.78, 5) is 11.6. The van der Waals surface area contributed by atoms with Crippen LogP contribution in [0.2, 0.25) is 0 Å². The molecule has 0 saturated carbocycles. The van der Waals surface area contributed by atoms with E-state index in [4.69, 9.17) is 14.5 Å². The molecule has 0 bridgehead atoms. The Bertz CT molecular complexity index is 1280. The first kappa shape index (κ1) is 24.2. The smallest absolute Gasteiger partial charge is 0.229 e. The number of para-hydroxylation sites is 3. The molecule has 2 heterocycles. The molecular formula is C28H28BrN5O2. The van der Waals surface area contributed by atoms with E-state index in [-0.39, 0.29) is 0 Å². The molecule has 0 aliphatic carbocycles. The molecular weight excluding hydrogens is 518 g/mol. The highest BCUT2D eigenvalue weighted by molar-refractivity contribution is 9.10. The van der Waals surface area contributed by atoms with Crippen molar-refractivity contribution < 1.29 is 9.47 Å². The SMILES string of the molecule is Brc1cnc(Nc2cccc(CCN3CCOCC3)c2)nc1Nc1ccccc1Oc1ccccc1. The van der Waals surface area contributed by atoms with Crippen LogP contribution >= 0.6 is 15.9 Å². The van der Waals surface area contributed by atoms with Gasteiger partial charge in [0.1, 0.15) is 11.6 Å². The third-order valence-electron chi connectivity index (χ3n) is 5.86. The van der Waals surface area contributed by atoms with Crippen molar-refractivity contribution in [3.8, 4) is 11.5 Å². The highest BCUT2D eigenvalue weighted by atomic mass is 79.9. The summed E-state index contributed by atoms with van der Waals surface area (Å²) in [5, 5.41) is 6.72. The molecule has 1 aromatic heterocycles. The lowest BCUT2D eigenvalue weighted by molar-refractivity contribution is 0.0384. The van der Waals surface area contributed by atoms with E-state index in [9.17, 15) is 0 Å². The Hall–Kier alpha value is -3.46. The Morgan fingerprint density at radius 3 is 2.58 bits per heavy atom. The molecule has 2 N–H and O–H groups in total. The molecule has 1 fully saturated rings. The zero-order chi connectivity index (χ0) is 24.6. The molecule has 3 aromatic carbocycles. The van der Waals surface area contributed by atoms with Crippen LogP contribution in [0.5, 0.6) is 11.5 Å². The van der Waals surface area contributed by atoms with Crippen molar-refractivity contribution >= 4 is 39.1 Å². The summed E-state index contributed by atoms with van der Waals surface area (Å²) >= 11 is 3.57. The number of morpholine rings is 1. The van der Waals surface area contributed by atoms with Gasteiger partial charge in [-0.05, 0) is 64.3 Å². The Balaban J connectivity index is 1.27. The largest absolute Gasteiger partial charge is 0.455 e. The van der Waals surface area contributed by atoms with Crippen molar-refractivity contribution in [1.82, 2.24) is 14.9 Å². The van der Waals surface area contributed by atoms with Gasteiger partial charge in [0.2, 0.25) is 5.95 Å². The first-order chi connectivity index (χ1) is 17.7. The normalized spacial score (nSPS) is 13.8. The molecule has 36 heavy (non-hydrogen) atoms. The Kier molecular flexibility index (Phi) is 8.07. The minimum Gasteiger partial charge on any atom is -0.455 e. The second-order valence-corrected chi connectivity index (χ2v) is 9.31. The Morgan fingerprint density at radius 2 is 1.72 bits per heavy atom. The van der Waals surface area contributed by atoms with Crippen molar-refractivity contribution in [1.29, 1.82) is 0 Å². The van der Waals surface area contributed by atoms with Crippen LogP contribution in [0.4, 0.5) is 23.1 Å². The third-order valence-corrected chi connectivity index (χ3v) is 6.44. The third kappa shape index (κ3) is 6.60. The van der Waals surface area contributed by atoms with Gasteiger partial charge in [-0.1, -0.05) is 42.5 Å². The van der Waals surface area contributed by atoms with E-state index < -0.39 is 0 Å². The molecule has 0 unspecified atom stereocenters. The summed E-state index contributed by atoms with van der Waals surface area (Å²) in [5.41, 5.74) is 3.03. The molecule has 4 aromatic rings. The van der Waals surface area contributed by atoms with Gasteiger partial charge in [0, 0.05) is 31.5 Å². The maximum absolute atomic E-state index is 6.08. The van der Waals surface area contributed by atoms with E-state index in [2.05, 4.69) is 54.6 Å². The molecule has 1 saturated heterocycles. The first-order valence-electron chi connectivity index (χ1n) is 12.0. The fourth-order valence-electron chi connectivity index (χ4n) is 3.96. The van der Waals surface area contributed by atoms with Crippen molar-refractivity contribution in [2.24, 2.45) is 0 Å². The highest BCUT2D eigenvalue weighted by Gasteiger charge is 2.12. The van der Waals surface area contributed by atoms with Crippen molar-refractivity contribution in [2.75, 3.05) is 43.5 Å². The predicted molar refractivity (Wildman–Crippen MR) is 147 cm³/mol.